The largest absolute Gasteiger partial charge is 0.296 e. The van der Waals surface area contributed by atoms with Crippen LogP contribution in [0.5, 0.6) is 0 Å². The summed E-state index contributed by atoms with van der Waals surface area (Å²) in [7, 11) is -4.09. The lowest BCUT2D eigenvalue weighted by Crippen LogP contribution is -2.57. The minimum absolute atomic E-state index is 0.0280. The van der Waals surface area contributed by atoms with Gasteiger partial charge < -0.3 is 0 Å². The number of nitrogens with zero attached hydrogens (tertiary/aromatic N) is 3. The van der Waals surface area contributed by atoms with Crippen molar-refractivity contribution in [2.24, 2.45) is 5.92 Å². The number of aryl methyl sites for hydroxylation is 1. The molecule has 4 rings (SSSR count). The van der Waals surface area contributed by atoms with Crippen molar-refractivity contribution >= 4 is 20.2 Å². The highest BCUT2D eigenvalue weighted by molar-refractivity contribution is 7.89. The van der Waals surface area contributed by atoms with E-state index in [0.717, 1.165) is 49.5 Å². The highest BCUT2D eigenvalue weighted by atomic mass is 32.2. The van der Waals surface area contributed by atoms with Crippen molar-refractivity contribution < 1.29 is 16.8 Å². The lowest BCUT2D eigenvalue weighted by molar-refractivity contribution is 0.0220. The zero-order chi connectivity index (χ0) is 23.8. The quantitative estimate of drug-likeness (QED) is 0.552. The van der Waals surface area contributed by atoms with Crippen LogP contribution in [0, 0.1) is 5.92 Å². The summed E-state index contributed by atoms with van der Waals surface area (Å²) in [6.45, 7) is 4.87. The van der Waals surface area contributed by atoms with Crippen molar-refractivity contribution in [3.8, 4) is 0 Å². The Morgan fingerprint density at radius 3 is 2.67 bits per heavy atom. The molecule has 1 N–H and O–H groups in total. The predicted molar refractivity (Wildman–Crippen MR) is 131 cm³/mol. The zero-order valence-corrected chi connectivity index (χ0v) is 21.7. The molecule has 3 aliphatic heterocycles. The lowest BCUT2D eigenvalue weighted by atomic mass is 9.77. The highest BCUT2D eigenvalue weighted by Gasteiger charge is 2.45. The molecule has 8 nitrogen and oxygen atoms in total. The van der Waals surface area contributed by atoms with E-state index in [1.54, 1.807) is 4.31 Å². The van der Waals surface area contributed by atoms with Crippen LogP contribution in [0.15, 0.2) is 18.2 Å². The molecule has 3 aliphatic rings. The fourth-order valence-electron chi connectivity index (χ4n) is 5.73. The van der Waals surface area contributed by atoms with Crippen molar-refractivity contribution in [2.75, 3.05) is 46.0 Å². The Morgan fingerprint density at radius 1 is 1.15 bits per heavy atom. The number of hydrogen-bond acceptors (Lipinski definition) is 5. The van der Waals surface area contributed by atoms with Gasteiger partial charge in [0, 0.05) is 52.4 Å². The summed E-state index contributed by atoms with van der Waals surface area (Å²) in [6, 6.07) is 7.13. The molecule has 10 heteroatoms. The molecule has 0 unspecified atom stereocenters. The maximum absolute atomic E-state index is 13.3. The molecular formula is C23H38N4O4S2. The van der Waals surface area contributed by atoms with Crippen LogP contribution in [0.4, 0.5) is 0 Å². The number of fused-ring (bicyclic) bond motifs is 4. The fourth-order valence-corrected chi connectivity index (χ4v) is 8.22. The van der Waals surface area contributed by atoms with Crippen LogP contribution in [-0.2, 0) is 33.1 Å². The van der Waals surface area contributed by atoms with Gasteiger partial charge in [-0.3, -0.25) is 4.90 Å². The molecule has 33 heavy (non-hydrogen) atoms. The van der Waals surface area contributed by atoms with Crippen molar-refractivity contribution in [3.05, 3.63) is 34.9 Å². The van der Waals surface area contributed by atoms with Crippen LogP contribution in [0.3, 0.4) is 0 Å². The molecule has 0 saturated carbocycles. The second-order valence-electron chi connectivity index (χ2n) is 9.81. The Kier molecular flexibility index (Phi) is 7.53. The molecule has 2 saturated heterocycles. The molecular weight excluding hydrogens is 460 g/mol. The minimum Gasteiger partial charge on any atom is -0.296 e. The van der Waals surface area contributed by atoms with Gasteiger partial charge in [0.1, 0.15) is 0 Å². The summed E-state index contributed by atoms with van der Waals surface area (Å²) in [6.07, 6.45) is 5.18. The Labute approximate surface area is 199 Å². The van der Waals surface area contributed by atoms with Crippen LogP contribution in [0.25, 0.3) is 0 Å². The van der Waals surface area contributed by atoms with E-state index in [1.165, 1.54) is 30.8 Å². The van der Waals surface area contributed by atoms with Gasteiger partial charge in [0.2, 0.25) is 10.0 Å². The monoisotopic (exact) mass is 498 g/mol. The average molecular weight is 499 g/mol. The molecule has 0 radical (unpaired) electrons. The first kappa shape index (κ1) is 25.1. The Hall–Kier alpha value is -1.04. The van der Waals surface area contributed by atoms with Gasteiger partial charge in [0.05, 0.1) is 5.75 Å². The summed E-state index contributed by atoms with van der Waals surface area (Å²) in [4.78, 5) is 2.57. The fraction of sp³-hybridized carbons (Fsp3) is 0.739. The lowest BCUT2D eigenvalue weighted by Gasteiger charge is -2.51. The molecule has 0 aliphatic carbocycles. The predicted octanol–water partition coefficient (Wildman–Crippen LogP) is 1.75. The summed E-state index contributed by atoms with van der Waals surface area (Å²) in [5.41, 5.74) is 4.16. The second kappa shape index (κ2) is 9.91. The van der Waals surface area contributed by atoms with Gasteiger partial charge in [-0.05, 0) is 61.1 Å². The van der Waals surface area contributed by atoms with Crippen LogP contribution in [-0.4, -0.2) is 82.4 Å². The third-order valence-electron chi connectivity index (χ3n) is 7.59. The van der Waals surface area contributed by atoms with E-state index in [2.05, 4.69) is 34.7 Å². The van der Waals surface area contributed by atoms with Gasteiger partial charge in [-0.15, -0.1) is 0 Å². The van der Waals surface area contributed by atoms with Crippen LogP contribution < -0.4 is 4.72 Å². The van der Waals surface area contributed by atoms with Crippen molar-refractivity contribution in [3.63, 3.8) is 0 Å². The van der Waals surface area contributed by atoms with Crippen molar-refractivity contribution in [1.82, 2.24) is 18.2 Å². The van der Waals surface area contributed by atoms with Gasteiger partial charge in [-0.1, -0.05) is 25.1 Å². The van der Waals surface area contributed by atoms with Gasteiger partial charge in [0.25, 0.3) is 10.2 Å². The van der Waals surface area contributed by atoms with E-state index in [1.807, 2.05) is 0 Å². The highest BCUT2D eigenvalue weighted by Crippen LogP contribution is 2.43. The molecule has 1 aromatic rings. The standard InChI is InChI=1S/C23H38N4O4S2/c1-4-18-8-9-21-19(15-18)10-13-26-17-20-7-5-12-27(22(20)16-23(21)26)32(28,29)14-6-11-24-33(30,31)25(2)3/h8-9,15,20,22-24H,4-7,10-14,16-17H2,1-3H3/t20-,22+,23-/m0/s1. The maximum atomic E-state index is 13.3. The molecule has 186 valence electrons. The van der Waals surface area contributed by atoms with Gasteiger partial charge in [-0.25, -0.2) is 13.1 Å². The van der Waals surface area contributed by atoms with E-state index >= 15 is 0 Å². The van der Waals surface area contributed by atoms with E-state index in [0.29, 0.717) is 12.5 Å². The van der Waals surface area contributed by atoms with Crippen LogP contribution >= 0.6 is 0 Å². The van der Waals surface area contributed by atoms with Crippen LogP contribution in [0.2, 0.25) is 0 Å². The summed E-state index contributed by atoms with van der Waals surface area (Å²) >= 11 is 0. The van der Waals surface area contributed by atoms with Crippen molar-refractivity contribution in [2.45, 2.75) is 57.5 Å². The Morgan fingerprint density at radius 2 is 1.94 bits per heavy atom. The number of benzene rings is 1. The number of nitrogens with one attached hydrogen (secondary N) is 1. The molecule has 3 heterocycles. The number of piperidine rings is 2. The molecule has 0 bridgehead atoms. The maximum Gasteiger partial charge on any atom is 0.278 e. The molecule has 0 spiro atoms. The summed E-state index contributed by atoms with van der Waals surface area (Å²) < 4.78 is 55.7. The van der Waals surface area contributed by atoms with Gasteiger partial charge in [-0.2, -0.15) is 17.0 Å². The number of hydrogen-bond donors (Lipinski definition) is 1. The summed E-state index contributed by atoms with van der Waals surface area (Å²) in [5.74, 6) is 0.338. The molecule has 2 fully saturated rings. The molecule has 0 amide bonds. The molecule has 1 aromatic carbocycles. The topological polar surface area (TPSA) is 90.0 Å². The first-order chi connectivity index (χ1) is 15.6. The molecule has 3 atom stereocenters. The van der Waals surface area contributed by atoms with E-state index in [9.17, 15) is 16.8 Å². The SMILES string of the molecule is CCc1ccc2c(c1)CCN1C[C@@H]3CCCN(S(=O)(=O)CCCNS(=O)(=O)N(C)C)[C@@H]3C[C@@H]21. The Bertz CT molecular complexity index is 1060. The van der Waals surface area contributed by atoms with Crippen molar-refractivity contribution in [1.29, 1.82) is 0 Å². The Balaban J connectivity index is 1.46. The van der Waals surface area contributed by atoms with E-state index in [-0.39, 0.29) is 30.8 Å². The molecule has 0 aromatic heterocycles. The van der Waals surface area contributed by atoms with E-state index < -0.39 is 20.2 Å². The normalized spacial score (nSPS) is 26.6. The first-order valence-corrected chi connectivity index (χ1v) is 15.2. The van der Waals surface area contributed by atoms with Gasteiger partial charge >= 0.3 is 0 Å². The third kappa shape index (κ3) is 5.31. The summed E-state index contributed by atoms with van der Waals surface area (Å²) in [5, 5.41) is 0. The van der Waals surface area contributed by atoms with Gasteiger partial charge in [0.15, 0.2) is 0 Å². The first-order valence-electron chi connectivity index (χ1n) is 12.1. The minimum atomic E-state index is -3.54. The number of sulfonamides is 1. The third-order valence-corrected chi connectivity index (χ3v) is 11.1. The van der Waals surface area contributed by atoms with Crippen LogP contribution in [0.1, 0.15) is 55.3 Å². The average Bonchev–Trinajstić information content (AvgIpc) is 2.79. The smallest absolute Gasteiger partial charge is 0.278 e. The number of rotatable bonds is 8. The van der Waals surface area contributed by atoms with E-state index in [4.69, 9.17) is 0 Å². The second-order valence-corrected chi connectivity index (χ2v) is 13.8. The zero-order valence-electron chi connectivity index (χ0n) is 20.0.